The van der Waals surface area contributed by atoms with Crippen LogP contribution < -0.4 is 26.0 Å². The summed E-state index contributed by atoms with van der Waals surface area (Å²) in [6.07, 6.45) is 1.17. The maximum absolute atomic E-state index is 11.9. The van der Waals surface area contributed by atoms with Crippen molar-refractivity contribution in [2.24, 2.45) is 5.73 Å². The molecule has 3 aliphatic rings. The fraction of sp³-hybridized carbons (Fsp3) is 0.389. The van der Waals surface area contributed by atoms with Crippen molar-refractivity contribution in [3.8, 4) is 5.75 Å². The van der Waals surface area contributed by atoms with E-state index in [-0.39, 0.29) is 24.3 Å². The molecule has 0 radical (unpaired) electrons. The molecule has 0 aliphatic carbocycles. The average Bonchev–Trinajstić information content (AvgIpc) is 3.14. The summed E-state index contributed by atoms with van der Waals surface area (Å²) in [6, 6.07) is 5.38. The first kappa shape index (κ1) is 16.1. The van der Waals surface area contributed by atoms with E-state index in [9.17, 15) is 9.59 Å². The topological polar surface area (TPSA) is 119 Å². The van der Waals surface area contributed by atoms with Crippen molar-refractivity contribution in [1.82, 2.24) is 15.6 Å². The van der Waals surface area contributed by atoms with Crippen LogP contribution in [0, 0.1) is 0 Å². The molecule has 9 nitrogen and oxygen atoms in total. The van der Waals surface area contributed by atoms with Gasteiger partial charge in [-0.1, -0.05) is 0 Å². The molecule has 3 saturated heterocycles. The number of anilines is 1. The van der Waals surface area contributed by atoms with E-state index in [0.717, 1.165) is 29.7 Å². The summed E-state index contributed by atoms with van der Waals surface area (Å²) in [4.78, 5) is 29.9. The molecular formula is C18H19N5O4. The molecule has 2 amide bonds. The standard InChI is InChI=1S/C18H19N5O4/c19-16(24)12-3-9-1-2-21-17(11(9)4-14(12)26-10-5-20-6-10)23-7-13-15(8-23)27-18(25)22-13/h1-4,10,13,15,20H,5-8H2,(H2,19,24)(H,22,25). The maximum Gasteiger partial charge on any atom is 0.407 e. The van der Waals surface area contributed by atoms with Gasteiger partial charge < -0.3 is 30.7 Å². The number of hydrogen-bond donors (Lipinski definition) is 3. The first-order valence-corrected chi connectivity index (χ1v) is 8.90. The van der Waals surface area contributed by atoms with Crippen LogP contribution in [-0.4, -0.2) is 61.4 Å². The number of benzene rings is 1. The van der Waals surface area contributed by atoms with Crippen LogP contribution in [0.1, 0.15) is 10.4 Å². The summed E-state index contributed by atoms with van der Waals surface area (Å²) >= 11 is 0. The van der Waals surface area contributed by atoms with E-state index in [1.807, 2.05) is 12.1 Å². The highest BCUT2D eigenvalue weighted by molar-refractivity contribution is 6.03. The molecule has 4 N–H and O–H groups in total. The zero-order chi connectivity index (χ0) is 18.5. The summed E-state index contributed by atoms with van der Waals surface area (Å²) in [5, 5.41) is 7.68. The third-order valence-corrected chi connectivity index (χ3v) is 5.27. The van der Waals surface area contributed by atoms with E-state index in [4.69, 9.17) is 15.2 Å². The smallest absolute Gasteiger partial charge is 0.407 e. The molecule has 0 spiro atoms. The minimum Gasteiger partial charge on any atom is -0.487 e. The second kappa shape index (κ2) is 5.98. The SMILES string of the molecule is NC(=O)c1cc2ccnc(N3CC4NC(=O)OC4C3)c2cc1OC1CNC1. The van der Waals surface area contributed by atoms with Crippen LogP contribution in [0.3, 0.4) is 0 Å². The molecule has 2 unspecified atom stereocenters. The van der Waals surface area contributed by atoms with Gasteiger partial charge in [0.25, 0.3) is 5.91 Å². The van der Waals surface area contributed by atoms with Crippen molar-refractivity contribution in [2.75, 3.05) is 31.1 Å². The fourth-order valence-corrected chi connectivity index (χ4v) is 3.78. The second-order valence-electron chi connectivity index (χ2n) is 7.07. The van der Waals surface area contributed by atoms with Crippen molar-refractivity contribution in [2.45, 2.75) is 18.2 Å². The van der Waals surface area contributed by atoms with Gasteiger partial charge in [-0.2, -0.15) is 0 Å². The quantitative estimate of drug-likeness (QED) is 0.693. The molecular weight excluding hydrogens is 350 g/mol. The number of primary amides is 1. The lowest BCUT2D eigenvalue weighted by Crippen LogP contribution is -2.50. The van der Waals surface area contributed by atoms with Crippen LogP contribution in [0.2, 0.25) is 0 Å². The lowest BCUT2D eigenvalue weighted by Gasteiger charge is -2.29. The van der Waals surface area contributed by atoms with Crippen molar-refractivity contribution < 1.29 is 19.1 Å². The molecule has 1 aromatic carbocycles. The molecule has 2 aromatic rings. The van der Waals surface area contributed by atoms with Crippen molar-refractivity contribution in [3.63, 3.8) is 0 Å². The number of hydrogen-bond acceptors (Lipinski definition) is 7. The Morgan fingerprint density at radius 1 is 1.33 bits per heavy atom. The van der Waals surface area contributed by atoms with E-state index in [0.29, 0.717) is 24.4 Å². The van der Waals surface area contributed by atoms with Crippen LogP contribution in [0.25, 0.3) is 10.8 Å². The predicted molar refractivity (Wildman–Crippen MR) is 97.0 cm³/mol. The van der Waals surface area contributed by atoms with Crippen LogP contribution >= 0.6 is 0 Å². The zero-order valence-electron chi connectivity index (χ0n) is 14.5. The highest BCUT2D eigenvalue weighted by Crippen LogP contribution is 2.34. The fourth-order valence-electron chi connectivity index (χ4n) is 3.78. The molecule has 1 aromatic heterocycles. The number of carbonyl (C=O) groups excluding carboxylic acids is 2. The van der Waals surface area contributed by atoms with Gasteiger partial charge in [0, 0.05) is 31.2 Å². The Morgan fingerprint density at radius 3 is 2.89 bits per heavy atom. The van der Waals surface area contributed by atoms with Gasteiger partial charge in [0.15, 0.2) is 0 Å². The van der Waals surface area contributed by atoms with Crippen LogP contribution in [0.5, 0.6) is 5.75 Å². The molecule has 140 valence electrons. The molecule has 0 bridgehead atoms. The number of nitrogens with zero attached hydrogens (tertiary/aromatic N) is 2. The number of alkyl carbamates (subject to hydrolysis) is 1. The third-order valence-electron chi connectivity index (χ3n) is 5.27. The highest BCUT2D eigenvalue weighted by Gasteiger charge is 2.42. The van der Waals surface area contributed by atoms with Gasteiger partial charge in [-0.25, -0.2) is 9.78 Å². The number of carbonyl (C=O) groups is 2. The minimum absolute atomic E-state index is 0.0235. The Morgan fingerprint density at radius 2 is 2.19 bits per heavy atom. The Balaban J connectivity index is 1.54. The van der Waals surface area contributed by atoms with Crippen LogP contribution in [0.15, 0.2) is 24.4 Å². The van der Waals surface area contributed by atoms with Crippen molar-refractivity contribution in [3.05, 3.63) is 30.0 Å². The summed E-state index contributed by atoms with van der Waals surface area (Å²) < 4.78 is 11.3. The van der Waals surface area contributed by atoms with Crippen molar-refractivity contribution in [1.29, 1.82) is 0 Å². The van der Waals surface area contributed by atoms with E-state index in [2.05, 4.69) is 20.5 Å². The molecule has 0 saturated carbocycles. The van der Waals surface area contributed by atoms with Gasteiger partial charge in [0.05, 0.1) is 18.2 Å². The van der Waals surface area contributed by atoms with Gasteiger partial charge in [-0.15, -0.1) is 0 Å². The van der Waals surface area contributed by atoms with E-state index in [1.165, 1.54) is 0 Å². The van der Waals surface area contributed by atoms with Gasteiger partial charge >= 0.3 is 6.09 Å². The largest absolute Gasteiger partial charge is 0.487 e. The maximum atomic E-state index is 11.9. The third kappa shape index (κ3) is 2.71. The molecule has 4 heterocycles. The number of rotatable bonds is 4. The van der Waals surface area contributed by atoms with Gasteiger partial charge in [-0.05, 0) is 23.6 Å². The summed E-state index contributed by atoms with van der Waals surface area (Å²) in [6.45, 7) is 2.66. The lowest BCUT2D eigenvalue weighted by molar-refractivity contribution is 0.0985. The average molecular weight is 369 g/mol. The zero-order valence-corrected chi connectivity index (χ0v) is 14.5. The minimum atomic E-state index is -0.524. The molecule has 9 heteroatoms. The van der Waals surface area contributed by atoms with E-state index < -0.39 is 5.91 Å². The van der Waals surface area contributed by atoms with Gasteiger partial charge in [-0.3, -0.25) is 4.79 Å². The second-order valence-corrected chi connectivity index (χ2v) is 7.07. The summed E-state index contributed by atoms with van der Waals surface area (Å²) in [5.74, 6) is 0.719. The molecule has 3 fully saturated rings. The summed E-state index contributed by atoms with van der Waals surface area (Å²) in [5.41, 5.74) is 5.92. The first-order chi connectivity index (χ1) is 13.1. The predicted octanol–water partition coefficient (Wildman–Crippen LogP) is -0.0187. The monoisotopic (exact) mass is 369 g/mol. The van der Waals surface area contributed by atoms with Gasteiger partial charge in [0.1, 0.15) is 23.8 Å². The molecule has 5 rings (SSSR count). The lowest BCUT2D eigenvalue weighted by atomic mass is 10.1. The molecule has 27 heavy (non-hydrogen) atoms. The number of aromatic nitrogens is 1. The Labute approximate surface area is 154 Å². The summed E-state index contributed by atoms with van der Waals surface area (Å²) in [7, 11) is 0. The van der Waals surface area contributed by atoms with Gasteiger partial charge in [0.2, 0.25) is 0 Å². The number of amides is 2. The molecule has 2 atom stereocenters. The Hall–Kier alpha value is -3.07. The van der Waals surface area contributed by atoms with Crippen LogP contribution in [0.4, 0.5) is 10.6 Å². The highest BCUT2D eigenvalue weighted by atomic mass is 16.6. The number of fused-ring (bicyclic) bond motifs is 2. The van der Waals surface area contributed by atoms with Crippen molar-refractivity contribution >= 4 is 28.6 Å². The Kier molecular flexibility index (Phi) is 3.57. The van der Waals surface area contributed by atoms with E-state index >= 15 is 0 Å². The van der Waals surface area contributed by atoms with Crippen LogP contribution in [-0.2, 0) is 4.74 Å². The number of ether oxygens (including phenoxy) is 2. The Bertz CT molecular complexity index is 929. The number of pyridine rings is 1. The first-order valence-electron chi connectivity index (χ1n) is 8.90. The molecule has 3 aliphatic heterocycles. The van der Waals surface area contributed by atoms with E-state index in [1.54, 1.807) is 12.3 Å². The number of nitrogens with one attached hydrogen (secondary N) is 2. The normalized spacial score (nSPS) is 24.3. The number of nitrogens with two attached hydrogens (primary N) is 1.